The molecular weight excluding hydrogens is 410 g/mol. The number of nitrogens with one attached hydrogen (secondary N) is 2. The number of rotatable bonds is 2. The fourth-order valence-corrected chi connectivity index (χ4v) is 5.45. The number of nitrogens with zero attached hydrogens (tertiary/aromatic N) is 3. The second-order valence-electron chi connectivity index (χ2n) is 7.92. The van der Waals surface area contributed by atoms with Gasteiger partial charge >= 0.3 is 6.03 Å². The van der Waals surface area contributed by atoms with E-state index in [2.05, 4.69) is 15.6 Å². The maximum Gasteiger partial charge on any atom is 0.328 e. The molecule has 5 rings (SSSR count). The number of hydrogen-bond donors (Lipinski definition) is 2. The zero-order valence-electron chi connectivity index (χ0n) is 15.9. The summed E-state index contributed by atoms with van der Waals surface area (Å²) in [7, 11) is 0. The molecule has 0 radical (unpaired) electrons. The van der Waals surface area contributed by atoms with E-state index >= 15 is 0 Å². The Balaban J connectivity index is 1.35. The van der Waals surface area contributed by atoms with Crippen molar-refractivity contribution in [2.45, 2.75) is 24.7 Å². The second-order valence-corrected chi connectivity index (χ2v) is 9.22. The van der Waals surface area contributed by atoms with Crippen molar-refractivity contribution < 1.29 is 9.59 Å². The number of amides is 3. The second kappa shape index (κ2) is 7.27. The van der Waals surface area contributed by atoms with Gasteiger partial charge in [0, 0.05) is 47.7 Å². The lowest BCUT2D eigenvalue weighted by molar-refractivity contribution is 0.0788. The van der Waals surface area contributed by atoms with Crippen LogP contribution in [0.25, 0.3) is 0 Å². The van der Waals surface area contributed by atoms with Gasteiger partial charge in [-0.15, -0.1) is 11.3 Å². The van der Waals surface area contributed by atoms with E-state index in [1.165, 1.54) is 11.3 Å². The SMILES string of the molecule is O=C(c1csc(NC(=O)N2CC3(CCNC3)c3cc(Cl)ccc32)n1)N1CCCC1. The van der Waals surface area contributed by atoms with E-state index in [0.717, 1.165) is 56.7 Å². The summed E-state index contributed by atoms with van der Waals surface area (Å²) >= 11 is 7.53. The Hall–Kier alpha value is -2.16. The van der Waals surface area contributed by atoms with Gasteiger partial charge in [-0.05, 0) is 49.6 Å². The number of aromatic nitrogens is 1. The van der Waals surface area contributed by atoms with E-state index in [4.69, 9.17) is 11.6 Å². The van der Waals surface area contributed by atoms with E-state index in [0.29, 0.717) is 22.4 Å². The van der Waals surface area contributed by atoms with Crippen molar-refractivity contribution in [3.05, 3.63) is 39.9 Å². The topological polar surface area (TPSA) is 77.6 Å². The smallest absolute Gasteiger partial charge is 0.328 e. The molecule has 9 heteroatoms. The Labute approximate surface area is 178 Å². The van der Waals surface area contributed by atoms with E-state index in [1.54, 1.807) is 10.3 Å². The molecule has 2 saturated heterocycles. The van der Waals surface area contributed by atoms with Crippen molar-refractivity contribution in [3.63, 3.8) is 0 Å². The van der Waals surface area contributed by atoms with E-state index in [9.17, 15) is 9.59 Å². The van der Waals surface area contributed by atoms with Gasteiger partial charge in [0.15, 0.2) is 5.13 Å². The molecule has 1 unspecified atom stereocenters. The zero-order valence-corrected chi connectivity index (χ0v) is 17.5. The normalized spacial score (nSPS) is 23.1. The first-order valence-electron chi connectivity index (χ1n) is 9.90. The molecule has 29 heavy (non-hydrogen) atoms. The summed E-state index contributed by atoms with van der Waals surface area (Å²) < 4.78 is 0. The molecule has 3 aliphatic rings. The fourth-order valence-electron chi connectivity index (χ4n) is 4.60. The number of fused-ring (bicyclic) bond motifs is 2. The van der Waals surface area contributed by atoms with Crippen molar-refractivity contribution in [2.75, 3.05) is 42.9 Å². The molecule has 2 fully saturated rings. The van der Waals surface area contributed by atoms with E-state index in [1.807, 2.05) is 23.1 Å². The lowest BCUT2D eigenvalue weighted by atomic mass is 9.82. The molecule has 4 heterocycles. The molecule has 2 aromatic rings. The summed E-state index contributed by atoms with van der Waals surface area (Å²) in [6.45, 7) is 3.92. The average Bonchev–Trinajstić information content (AvgIpc) is 3.50. The Morgan fingerprint density at radius 2 is 2.10 bits per heavy atom. The first-order chi connectivity index (χ1) is 14.1. The first kappa shape index (κ1) is 18.8. The number of likely N-dealkylation sites (tertiary alicyclic amines) is 1. The van der Waals surface area contributed by atoms with Gasteiger partial charge in [-0.2, -0.15) is 0 Å². The summed E-state index contributed by atoms with van der Waals surface area (Å²) in [5, 5.41) is 9.14. The first-order valence-corrected chi connectivity index (χ1v) is 11.2. The van der Waals surface area contributed by atoms with Crippen molar-refractivity contribution >= 4 is 45.7 Å². The third kappa shape index (κ3) is 3.29. The van der Waals surface area contributed by atoms with Gasteiger partial charge < -0.3 is 10.2 Å². The Morgan fingerprint density at radius 1 is 1.28 bits per heavy atom. The Morgan fingerprint density at radius 3 is 2.86 bits per heavy atom. The molecule has 0 bridgehead atoms. The lowest BCUT2D eigenvalue weighted by Gasteiger charge is -2.23. The van der Waals surface area contributed by atoms with Crippen LogP contribution in [0.1, 0.15) is 35.3 Å². The molecule has 1 atom stereocenters. The molecule has 152 valence electrons. The van der Waals surface area contributed by atoms with Gasteiger partial charge in [-0.3, -0.25) is 15.0 Å². The van der Waals surface area contributed by atoms with E-state index < -0.39 is 0 Å². The Bertz CT molecular complexity index is 966. The van der Waals surface area contributed by atoms with Crippen LogP contribution in [0.15, 0.2) is 23.6 Å². The standard InChI is InChI=1S/C20H22ClN5O2S/c21-13-3-4-16-14(9-13)20(5-6-22-11-20)12-26(16)19(28)24-18-23-15(10-29-18)17(27)25-7-1-2-8-25/h3-4,9-10,22H,1-2,5-8,11-12H2,(H,23,24,28). The minimum atomic E-state index is -0.230. The molecule has 0 saturated carbocycles. The molecule has 7 nitrogen and oxygen atoms in total. The Kier molecular flexibility index (Phi) is 4.72. The highest BCUT2D eigenvalue weighted by molar-refractivity contribution is 7.14. The van der Waals surface area contributed by atoms with Crippen molar-refractivity contribution in [3.8, 4) is 0 Å². The van der Waals surface area contributed by atoms with Gasteiger partial charge in [0.25, 0.3) is 5.91 Å². The number of hydrogen-bond acceptors (Lipinski definition) is 5. The molecule has 1 aromatic carbocycles. The third-order valence-corrected chi connectivity index (χ3v) is 7.09. The van der Waals surface area contributed by atoms with Gasteiger partial charge in [-0.25, -0.2) is 9.78 Å². The van der Waals surface area contributed by atoms with Crippen LogP contribution in [-0.4, -0.2) is 54.5 Å². The van der Waals surface area contributed by atoms with Crippen LogP contribution >= 0.6 is 22.9 Å². The van der Waals surface area contributed by atoms with Crippen LogP contribution in [0.4, 0.5) is 15.6 Å². The summed E-state index contributed by atoms with van der Waals surface area (Å²) in [4.78, 5) is 33.5. The highest BCUT2D eigenvalue weighted by atomic mass is 35.5. The quantitative estimate of drug-likeness (QED) is 0.764. The molecule has 3 aliphatic heterocycles. The number of halogens is 1. The van der Waals surface area contributed by atoms with Gasteiger partial charge in [0.2, 0.25) is 0 Å². The van der Waals surface area contributed by atoms with Crippen molar-refractivity contribution in [2.24, 2.45) is 0 Å². The maximum atomic E-state index is 13.1. The number of thiazole rings is 1. The molecule has 1 aromatic heterocycles. The number of carbonyl (C=O) groups excluding carboxylic acids is 2. The molecule has 3 amide bonds. The summed E-state index contributed by atoms with van der Waals surface area (Å²) in [5.41, 5.74) is 2.31. The molecular formula is C20H22ClN5O2S. The monoisotopic (exact) mass is 431 g/mol. The van der Waals surface area contributed by atoms with Crippen LogP contribution < -0.4 is 15.5 Å². The molecule has 0 aliphatic carbocycles. The minimum Gasteiger partial charge on any atom is -0.337 e. The fraction of sp³-hybridized carbons (Fsp3) is 0.450. The predicted molar refractivity (Wildman–Crippen MR) is 114 cm³/mol. The van der Waals surface area contributed by atoms with Crippen molar-refractivity contribution in [1.29, 1.82) is 0 Å². The molecule has 2 N–H and O–H groups in total. The van der Waals surface area contributed by atoms with Crippen LogP contribution in [0.5, 0.6) is 0 Å². The van der Waals surface area contributed by atoms with Crippen LogP contribution in [0.3, 0.4) is 0 Å². The largest absolute Gasteiger partial charge is 0.337 e. The zero-order chi connectivity index (χ0) is 20.0. The van der Waals surface area contributed by atoms with Crippen LogP contribution in [0.2, 0.25) is 5.02 Å². The van der Waals surface area contributed by atoms with Gasteiger partial charge in [0.05, 0.1) is 0 Å². The van der Waals surface area contributed by atoms with Gasteiger partial charge in [0.1, 0.15) is 5.69 Å². The molecule has 1 spiro atoms. The number of benzene rings is 1. The van der Waals surface area contributed by atoms with Gasteiger partial charge in [-0.1, -0.05) is 11.6 Å². The number of carbonyl (C=O) groups is 2. The summed E-state index contributed by atoms with van der Waals surface area (Å²) in [6, 6.07) is 5.48. The minimum absolute atomic E-state index is 0.0589. The van der Waals surface area contributed by atoms with E-state index in [-0.39, 0.29) is 17.4 Å². The van der Waals surface area contributed by atoms with Crippen LogP contribution in [-0.2, 0) is 5.41 Å². The number of urea groups is 1. The summed E-state index contributed by atoms with van der Waals surface area (Å²) in [6.07, 6.45) is 3.04. The highest BCUT2D eigenvalue weighted by Gasteiger charge is 2.46. The maximum absolute atomic E-state index is 13.1. The highest BCUT2D eigenvalue weighted by Crippen LogP contribution is 2.45. The summed E-state index contributed by atoms with van der Waals surface area (Å²) in [5.74, 6) is -0.0589. The number of anilines is 2. The third-order valence-electron chi connectivity index (χ3n) is 6.10. The average molecular weight is 432 g/mol. The van der Waals surface area contributed by atoms with Crippen LogP contribution in [0, 0.1) is 0 Å². The van der Waals surface area contributed by atoms with Crippen molar-refractivity contribution in [1.82, 2.24) is 15.2 Å². The predicted octanol–water partition coefficient (Wildman–Crippen LogP) is 3.32. The lowest BCUT2D eigenvalue weighted by Crippen LogP contribution is -2.40.